The quantitative estimate of drug-likeness (QED) is 0.384. The highest BCUT2D eigenvalue weighted by molar-refractivity contribution is 7.90. The van der Waals surface area contributed by atoms with Crippen LogP contribution in [0.2, 0.25) is 0 Å². The number of hydrogen-bond donors (Lipinski definition) is 0. The lowest BCUT2D eigenvalue weighted by Gasteiger charge is -2.35. The van der Waals surface area contributed by atoms with E-state index in [1.807, 2.05) is 0 Å². The Morgan fingerprint density at radius 2 is 1.26 bits per heavy atom. The maximum atomic E-state index is 13.7. The number of rotatable bonds is 10. The molecule has 0 bridgehead atoms. The lowest BCUT2D eigenvalue weighted by Crippen LogP contribution is -2.65. The molecule has 14 heteroatoms. The summed E-state index contributed by atoms with van der Waals surface area (Å²) in [4.78, 5) is 0. The van der Waals surface area contributed by atoms with E-state index in [0.29, 0.717) is 24.6 Å². The maximum absolute atomic E-state index is 13.7. The maximum Gasteiger partial charge on any atom is 0.460 e. The zero-order valence-electron chi connectivity index (χ0n) is 15.1. The number of quaternary nitrogens is 1. The van der Waals surface area contributed by atoms with Crippen molar-refractivity contribution in [2.24, 2.45) is 0 Å². The second kappa shape index (κ2) is 7.93. The summed E-state index contributed by atoms with van der Waals surface area (Å²) in [7, 11) is -4.35. The van der Waals surface area contributed by atoms with Gasteiger partial charge in [-0.05, 0) is 13.8 Å². The molecule has 0 aromatic carbocycles. The van der Waals surface area contributed by atoms with Crippen molar-refractivity contribution < 1.29 is 52.4 Å². The van der Waals surface area contributed by atoms with Crippen molar-refractivity contribution in [2.75, 3.05) is 40.3 Å². The third-order valence-electron chi connectivity index (χ3n) is 4.55. The molecule has 0 unspecified atom stereocenters. The minimum atomic E-state index is -7.25. The molecule has 0 saturated heterocycles. The van der Waals surface area contributed by atoms with Crippen LogP contribution in [0.3, 0.4) is 0 Å². The first-order chi connectivity index (χ1) is 11.7. The van der Waals surface area contributed by atoms with E-state index in [-0.39, 0.29) is 17.3 Å². The second-order valence-corrected chi connectivity index (χ2v) is 8.41. The first kappa shape index (κ1) is 26.2. The molecule has 0 saturated carbocycles. The predicted molar refractivity (Wildman–Crippen MR) is 79.2 cm³/mol. The zero-order valence-corrected chi connectivity index (χ0v) is 15.9. The summed E-state index contributed by atoms with van der Waals surface area (Å²) in [6, 6.07) is 0. The molecule has 0 aliphatic rings. The summed E-state index contributed by atoms with van der Waals surface area (Å²) in [5, 5.41) is -6.68. The molecule has 0 radical (unpaired) electrons. The van der Waals surface area contributed by atoms with Gasteiger partial charge in [0.2, 0.25) is 0 Å². The normalized spacial score (nSPS) is 15.5. The fourth-order valence-electron chi connectivity index (χ4n) is 2.05. The molecule has 0 rings (SSSR count). The number of alkyl halides is 9. The third kappa shape index (κ3) is 4.63. The van der Waals surface area contributed by atoms with Crippen LogP contribution in [0.5, 0.6) is 0 Å². The van der Waals surface area contributed by atoms with Gasteiger partial charge in [0.1, 0.15) is 0 Å². The Morgan fingerprint density at radius 3 is 1.59 bits per heavy atom. The average molecular weight is 441 g/mol. The van der Waals surface area contributed by atoms with Crippen LogP contribution in [-0.4, -0.2) is 80.8 Å². The van der Waals surface area contributed by atoms with Crippen LogP contribution in [0.25, 0.3) is 0 Å². The van der Waals surface area contributed by atoms with Crippen molar-refractivity contribution in [1.82, 2.24) is 4.31 Å². The lowest BCUT2D eigenvalue weighted by molar-refractivity contribution is -0.906. The van der Waals surface area contributed by atoms with Gasteiger partial charge in [-0.15, -0.1) is 0 Å². The highest BCUT2D eigenvalue weighted by Crippen LogP contribution is 2.55. The minimum absolute atomic E-state index is 0.106. The number of hydrogen-bond acceptors (Lipinski definition) is 2. The number of halogens is 9. The van der Waals surface area contributed by atoms with E-state index in [1.54, 1.807) is 20.9 Å². The van der Waals surface area contributed by atoms with Crippen LogP contribution in [-0.2, 0) is 10.0 Å². The number of nitrogens with zero attached hydrogens (tertiary/aromatic N) is 2. The largest absolute Gasteiger partial charge is 0.460 e. The van der Waals surface area contributed by atoms with Crippen LogP contribution in [0.1, 0.15) is 20.3 Å². The molecule has 0 N–H and O–H groups in total. The van der Waals surface area contributed by atoms with Crippen LogP contribution < -0.4 is 0 Å². The molecule has 0 fully saturated rings. The van der Waals surface area contributed by atoms with E-state index in [1.165, 1.54) is 0 Å². The van der Waals surface area contributed by atoms with Gasteiger partial charge in [0, 0.05) is 20.0 Å². The Kier molecular flexibility index (Phi) is 7.71. The second-order valence-electron chi connectivity index (χ2n) is 6.32. The van der Waals surface area contributed by atoms with E-state index in [0.717, 1.165) is 0 Å². The topological polar surface area (TPSA) is 37.4 Å². The van der Waals surface area contributed by atoms with Gasteiger partial charge in [-0.2, -0.15) is 43.8 Å². The van der Waals surface area contributed by atoms with E-state index in [2.05, 4.69) is 0 Å². The van der Waals surface area contributed by atoms with Crippen molar-refractivity contribution in [3.8, 4) is 0 Å². The van der Waals surface area contributed by atoms with E-state index in [9.17, 15) is 47.9 Å². The first-order valence-electron chi connectivity index (χ1n) is 7.74. The molecule has 0 aromatic heterocycles. The molecule has 0 atom stereocenters. The predicted octanol–water partition coefficient (Wildman–Crippen LogP) is 3.55. The molecule has 27 heavy (non-hydrogen) atoms. The molecule has 164 valence electrons. The van der Waals surface area contributed by atoms with Crippen LogP contribution in [0.15, 0.2) is 0 Å². The van der Waals surface area contributed by atoms with Gasteiger partial charge in [-0.25, -0.2) is 8.42 Å². The SMILES string of the molecule is CC[N+](C)(CC)CCCN(C)S(=O)(=O)C(F)(F)C(F)(F)C(F)(F)C(F)(F)F. The highest BCUT2D eigenvalue weighted by Gasteiger charge is 2.85. The van der Waals surface area contributed by atoms with Gasteiger partial charge < -0.3 is 4.48 Å². The molecule has 0 spiro atoms. The van der Waals surface area contributed by atoms with Crippen molar-refractivity contribution in [1.29, 1.82) is 0 Å². The molecule has 0 amide bonds. The summed E-state index contributed by atoms with van der Waals surface area (Å²) >= 11 is 0. The first-order valence-corrected chi connectivity index (χ1v) is 9.18. The van der Waals surface area contributed by atoms with Gasteiger partial charge in [0.05, 0.1) is 26.7 Å². The Balaban J connectivity index is 5.60. The van der Waals surface area contributed by atoms with Gasteiger partial charge in [-0.1, -0.05) is 0 Å². The van der Waals surface area contributed by atoms with Gasteiger partial charge in [0.25, 0.3) is 10.0 Å². The molecule has 0 heterocycles. The third-order valence-corrected chi connectivity index (χ3v) is 6.46. The van der Waals surface area contributed by atoms with Crippen molar-refractivity contribution in [2.45, 2.75) is 43.5 Å². The monoisotopic (exact) mass is 441 g/mol. The summed E-state index contributed by atoms with van der Waals surface area (Å²) in [5.74, 6) is -14.5. The van der Waals surface area contributed by atoms with Gasteiger partial charge in [0.15, 0.2) is 0 Å². The van der Waals surface area contributed by atoms with Crippen molar-refractivity contribution in [3.63, 3.8) is 0 Å². The molecule has 0 aliphatic carbocycles. The Morgan fingerprint density at radius 1 is 0.852 bits per heavy atom. The van der Waals surface area contributed by atoms with Crippen molar-refractivity contribution >= 4 is 10.0 Å². The Bertz CT molecular complexity index is 601. The fourth-order valence-corrected chi connectivity index (χ4v) is 3.27. The average Bonchev–Trinajstić information content (AvgIpc) is 2.52. The molecule has 0 aliphatic heterocycles. The van der Waals surface area contributed by atoms with Crippen LogP contribution >= 0.6 is 0 Å². The standard InChI is InChI=1S/C13H22F9N2O2S/c1-5-24(4,6-2)9-7-8-23(3)27(25,26)13(21,22)11(16,17)10(14,15)12(18,19)20/h5-9H2,1-4H3/q+1. The van der Waals surface area contributed by atoms with E-state index < -0.39 is 39.8 Å². The molecule has 4 nitrogen and oxygen atoms in total. The smallest absolute Gasteiger partial charge is 0.326 e. The lowest BCUT2D eigenvalue weighted by atomic mass is 10.1. The summed E-state index contributed by atoms with van der Waals surface area (Å²) in [6.07, 6.45) is -7.18. The fraction of sp³-hybridized carbons (Fsp3) is 1.00. The van der Waals surface area contributed by atoms with Gasteiger partial charge >= 0.3 is 23.3 Å². The minimum Gasteiger partial charge on any atom is -0.326 e. The molecule has 0 aromatic rings. The highest BCUT2D eigenvalue weighted by atomic mass is 32.2. The van der Waals surface area contributed by atoms with Gasteiger partial charge in [-0.3, -0.25) is 0 Å². The van der Waals surface area contributed by atoms with E-state index >= 15 is 0 Å². The molecular formula is C13H22F9N2O2S+. The summed E-state index contributed by atoms with van der Waals surface area (Å²) in [6.45, 7) is 4.22. The zero-order chi connectivity index (χ0) is 22.1. The Labute approximate surface area is 151 Å². The summed E-state index contributed by atoms with van der Waals surface area (Å²) < 4.78 is 139. The van der Waals surface area contributed by atoms with Crippen LogP contribution in [0, 0.1) is 0 Å². The summed E-state index contributed by atoms with van der Waals surface area (Å²) in [5.41, 5.74) is 0. The molecular weight excluding hydrogens is 419 g/mol. The Hall–Kier alpha value is -0.760. The van der Waals surface area contributed by atoms with Crippen molar-refractivity contribution in [3.05, 3.63) is 0 Å². The number of sulfonamides is 1. The van der Waals surface area contributed by atoms with E-state index in [4.69, 9.17) is 0 Å². The van der Waals surface area contributed by atoms with Crippen LogP contribution in [0.4, 0.5) is 39.5 Å².